The van der Waals surface area contributed by atoms with Crippen LogP contribution in [0, 0.1) is 6.92 Å². The summed E-state index contributed by atoms with van der Waals surface area (Å²) in [5.74, 6) is 0.774. The predicted molar refractivity (Wildman–Crippen MR) is 109 cm³/mol. The molecule has 1 aliphatic heterocycles. The highest BCUT2D eigenvalue weighted by Crippen LogP contribution is 2.25. The Balaban J connectivity index is 1.63. The Morgan fingerprint density at radius 3 is 2.37 bits per heavy atom. The van der Waals surface area contributed by atoms with Crippen LogP contribution in [0.4, 0.5) is 0 Å². The third-order valence-electron chi connectivity index (χ3n) is 5.09. The summed E-state index contributed by atoms with van der Waals surface area (Å²) in [5.41, 5.74) is 3.20. The number of amides is 1. The highest BCUT2D eigenvalue weighted by Gasteiger charge is 2.24. The van der Waals surface area contributed by atoms with Crippen molar-refractivity contribution in [2.45, 2.75) is 39.2 Å². The van der Waals surface area contributed by atoms with Crippen molar-refractivity contribution in [1.82, 2.24) is 10.2 Å². The van der Waals surface area contributed by atoms with Gasteiger partial charge in [0.1, 0.15) is 5.75 Å². The third kappa shape index (κ3) is 5.33. The summed E-state index contributed by atoms with van der Waals surface area (Å²) in [6.45, 7) is 7.68. The van der Waals surface area contributed by atoms with E-state index >= 15 is 0 Å². The summed E-state index contributed by atoms with van der Waals surface area (Å²) in [4.78, 5) is 15.1. The summed E-state index contributed by atoms with van der Waals surface area (Å²) in [6.07, 6.45) is 3.43. The van der Waals surface area contributed by atoms with Crippen molar-refractivity contribution in [2.24, 2.45) is 0 Å². The second-order valence-electron chi connectivity index (χ2n) is 7.25. The van der Waals surface area contributed by atoms with Crippen LogP contribution in [0.25, 0.3) is 0 Å². The molecule has 1 atom stereocenters. The van der Waals surface area contributed by atoms with Crippen molar-refractivity contribution in [1.29, 1.82) is 0 Å². The number of benzene rings is 2. The summed E-state index contributed by atoms with van der Waals surface area (Å²) in [5, 5.41) is 3.13. The maximum atomic E-state index is 12.6. The van der Waals surface area contributed by atoms with Crippen molar-refractivity contribution in [3.8, 4) is 5.75 Å². The predicted octanol–water partition coefficient (Wildman–Crippen LogP) is 4.35. The number of aryl methyl sites for hydroxylation is 1. The van der Waals surface area contributed by atoms with Crippen molar-refractivity contribution < 1.29 is 9.53 Å². The van der Waals surface area contributed by atoms with Gasteiger partial charge in [-0.05, 0) is 69.1 Å². The van der Waals surface area contributed by atoms with Gasteiger partial charge < -0.3 is 10.1 Å². The summed E-state index contributed by atoms with van der Waals surface area (Å²) >= 11 is 0. The van der Waals surface area contributed by atoms with Crippen LogP contribution < -0.4 is 10.1 Å². The van der Waals surface area contributed by atoms with E-state index in [1.54, 1.807) is 0 Å². The fourth-order valence-corrected chi connectivity index (χ4v) is 3.51. The number of nitrogens with zero attached hydrogens (tertiary/aromatic N) is 1. The van der Waals surface area contributed by atoms with E-state index in [-0.39, 0.29) is 11.9 Å². The number of ether oxygens (including phenoxy) is 1. The van der Waals surface area contributed by atoms with Crippen LogP contribution in [0.2, 0.25) is 0 Å². The Bertz CT molecular complexity index is 719. The summed E-state index contributed by atoms with van der Waals surface area (Å²) in [7, 11) is 0. The minimum absolute atomic E-state index is 0.0339. The topological polar surface area (TPSA) is 41.6 Å². The lowest BCUT2D eigenvalue weighted by molar-refractivity contribution is 0.0938. The van der Waals surface area contributed by atoms with E-state index in [0.717, 1.165) is 25.3 Å². The monoisotopic (exact) mass is 366 g/mol. The van der Waals surface area contributed by atoms with Crippen molar-refractivity contribution in [3.05, 3.63) is 65.2 Å². The minimum atomic E-state index is -0.0339. The fourth-order valence-electron chi connectivity index (χ4n) is 3.51. The Kier molecular flexibility index (Phi) is 6.88. The van der Waals surface area contributed by atoms with E-state index in [1.165, 1.54) is 24.0 Å². The molecule has 144 valence electrons. The zero-order chi connectivity index (χ0) is 19.1. The van der Waals surface area contributed by atoms with Crippen LogP contribution >= 0.6 is 0 Å². The van der Waals surface area contributed by atoms with Gasteiger partial charge in [-0.15, -0.1) is 0 Å². The Labute approximate surface area is 162 Å². The first-order chi connectivity index (χ1) is 13.2. The van der Waals surface area contributed by atoms with Gasteiger partial charge in [-0.3, -0.25) is 9.69 Å². The van der Waals surface area contributed by atoms with E-state index in [0.29, 0.717) is 18.7 Å². The van der Waals surface area contributed by atoms with E-state index in [1.807, 2.05) is 24.3 Å². The van der Waals surface area contributed by atoms with Crippen LogP contribution in [0.5, 0.6) is 5.75 Å². The van der Waals surface area contributed by atoms with Crippen molar-refractivity contribution >= 4 is 5.91 Å². The van der Waals surface area contributed by atoms with E-state index in [9.17, 15) is 4.79 Å². The Morgan fingerprint density at radius 2 is 1.74 bits per heavy atom. The first-order valence-electron chi connectivity index (χ1n) is 9.99. The smallest absolute Gasteiger partial charge is 0.251 e. The Morgan fingerprint density at radius 1 is 1.07 bits per heavy atom. The molecule has 4 nitrogen and oxygen atoms in total. The molecule has 1 fully saturated rings. The first kappa shape index (κ1) is 19.4. The number of nitrogens with one attached hydrogen (secondary N) is 1. The molecule has 3 rings (SSSR count). The SMILES string of the molecule is CCCOc1ccc(C(=O)NC[C@@H](c2ccc(C)cc2)N2CCCC2)cc1. The zero-order valence-electron chi connectivity index (χ0n) is 16.4. The van der Waals surface area contributed by atoms with Gasteiger partial charge in [-0.2, -0.15) is 0 Å². The normalized spacial score (nSPS) is 15.5. The lowest BCUT2D eigenvalue weighted by Crippen LogP contribution is -2.36. The van der Waals surface area contributed by atoms with Gasteiger partial charge in [0.2, 0.25) is 0 Å². The van der Waals surface area contributed by atoms with Crippen LogP contribution in [0.15, 0.2) is 48.5 Å². The van der Waals surface area contributed by atoms with Gasteiger partial charge in [-0.25, -0.2) is 0 Å². The molecule has 1 amide bonds. The zero-order valence-corrected chi connectivity index (χ0v) is 16.4. The van der Waals surface area contributed by atoms with Gasteiger partial charge in [-0.1, -0.05) is 36.8 Å². The van der Waals surface area contributed by atoms with Crippen molar-refractivity contribution in [2.75, 3.05) is 26.2 Å². The molecule has 0 unspecified atom stereocenters. The van der Waals surface area contributed by atoms with Crippen LogP contribution in [-0.4, -0.2) is 37.0 Å². The van der Waals surface area contributed by atoms with Gasteiger partial charge in [0.05, 0.1) is 12.6 Å². The number of carbonyl (C=O) groups is 1. The molecule has 0 radical (unpaired) electrons. The maximum absolute atomic E-state index is 12.6. The molecular formula is C23H30N2O2. The van der Waals surface area contributed by atoms with Gasteiger partial charge in [0, 0.05) is 12.1 Å². The molecule has 0 aromatic heterocycles. The number of likely N-dealkylation sites (tertiary alicyclic amines) is 1. The molecule has 0 bridgehead atoms. The van der Waals surface area contributed by atoms with E-state index in [2.05, 4.69) is 48.3 Å². The average Bonchev–Trinajstić information content (AvgIpc) is 3.22. The number of rotatable bonds is 8. The molecule has 1 heterocycles. The molecule has 0 saturated carbocycles. The van der Waals surface area contributed by atoms with Gasteiger partial charge >= 0.3 is 0 Å². The molecule has 2 aromatic carbocycles. The Hall–Kier alpha value is -2.33. The fraction of sp³-hybridized carbons (Fsp3) is 0.435. The highest BCUT2D eigenvalue weighted by atomic mass is 16.5. The molecule has 27 heavy (non-hydrogen) atoms. The van der Waals surface area contributed by atoms with Gasteiger partial charge in [0.25, 0.3) is 5.91 Å². The number of hydrogen-bond donors (Lipinski definition) is 1. The number of carbonyl (C=O) groups excluding carboxylic acids is 1. The minimum Gasteiger partial charge on any atom is -0.494 e. The van der Waals surface area contributed by atoms with Crippen LogP contribution in [0.1, 0.15) is 53.7 Å². The molecule has 4 heteroatoms. The van der Waals surface area contributed by atoms with E-state index < -0.39 is 0 Å². The first-order valence-corrected chi connectivity index (χ1v) is 9.99. The standard InChI is InChI=1S/C23H30N2O2/c1-3-16-27-21-12-10-20(11-13-21)23(26)24-17-22(25-14-4-5-15-25)19-8-6-18(2)7-9-19/h6-13,22H,3-5,14-17H2,1-2H3,(H,24,26)/t22-/m0/s1. The average molecular weight is 367 g/mol. The van der Waals surface area contributed by atoms with Crippen LogP contribution in [-0.2, 0) is 0 Å². The molecular weight excluding hydrogens is 336 g/mol. The second kappa shape index (κ2) is 9.56. The highest BCUT2D eigenvalue weighted by molar-refractivity contribution is 5.94. The lowest BCUT2D eigenvalue weighted by atomic mass is 10.0. The van der Waals surface area contributed by atoms with Crippen LogP contribution in [0.3, 0.4) is 0 Å². The van der Waals surface area contributed by atoms with Crippen molar-refractivity contribution in [3.63, 3.8) is 0 Å². The van der Waals surface area contributed by atoms with E-state index in [4.69, 9.17) is 4.74 Å². The quantitative estimate of drug-likeness (QED) is 0.755. The molecule has 0 spiro atoms. The summed E-state index contributed by atoms with van der Waals surface area (Å²) in [6, 6.07) is 16.3. The molecule has 1 aliphatic rings. The van der Waals surface area contributed by atoms with Gasteiger partial charge in [0.15, 0.2) is 0 Å². The second-order valence-corrected chi connectivity index (χ2v) is 7.25. The lowest BCUT2D eigenvalue weighted by Gasteiger charge is -2.28. The largest absolute Gasteiger partial charge is 0.494 e. The molecule has 1 saturated heterocycles. The number of hydrogen-bond acceptors (Lipinski definition) is 3. The maximum Gasteiger partial charge on any atom is 0.251 e. The molecule has 2 aromatic rings. The third-order valence-corrected chi connectivity index (χ3v) is 5.09. The molecule has 1 N–H and O–H groups in total. The summed E-state index contributed by atoms with van der Waals surface area (Å²) < 4.78 is 5.58. The molecule has 0 aliphatic carbocycles.